The van der Waals surface area contributed by atoms with Crippen molar-refractivity contribution in [1.82, 2.24) is 0 Å². The molecule has 5 rings (SSSR count). The zero-order valence-electron chi connectivity index (χ0n) is 59.9. The third kappa shape index (κ3) is 27.4. The van der Waals surface area contributed by atoms with E-state index in [0.717, 1.165) is 138 Å². The average Bonchev–Trinajstić information content (AvgIpc) is 0.767. The molecule has 28 nitrogen and oxygen atoms in total. The monoisotopic (exact) mass is 1400 g/mol. The largest absolute Gasteiger partial charge is 0.463 e. The van der Waals surface area contributed by atoms with Gasteiger partial charge in [0, 0.05) is 67.7 Å². The maximum atomic E-state index is 14.4. The fourth-order valence-corrected chi connectivity index (χ4v) is 12.9. The van der Waals surface area contributed by atoms with Gasteiger partial charge in [-0.15, -0.1) is 0 Å². The van der Waals surface area contributed by atoms with Gasteiger partial charge in [-0.2, -0.15) is 0 Å². The normalized spacial score (nSPS) is 32.7. The number of esters is 10. The Balaban J connectivity index is 1.64. The van der Waals surface area contributed by atoms with Crippen LogP contribution < -0.4 is 0 Å². The van der Waals surface area contributed by atoms with E-state index >= 15 is 0 Å². The number of hydrogen-bond donors (Lipinski definition) is 0. The summed E-state index contributed by atoms with van der Waals surface area (Å²) in [6.45, 7) is 18.1. The number of ether oxygens (including phenoxy) is 18. The first-order valence-corrected chi connectivity index (χ1v) is 35.7. The van der Waals surface area contributed by atoms with E-state index in [2.05, 4.69) is 13.8 Å². The van der Waals surface area contributed by atoms with Crippen LogP contribution in [0.3, 0.4) is 0 Å². The van der Waals surface area contributed by atoms with Crippen LogP contribution in [0.1, 0.15) is 251 Å². The van der Waals surface area contributed by atoms with E-state index in [1.165, 1.54) is 27.7 Å². The molecular formula is C70H112O28. The molecule has 5 fully saturated rings. The van der Waals surface area contributed by atoms with E-state index in [1.54, 1.807) is 0 Å². The van der Waals surface area contributed by atoms with Gasteiger partial charge in [0.05, 0.1) is 24.4 Å². The quantitative estimate of drug-likeness (QED) is 0.0367. The molecule has 98 heavy (non-hydrogen) atoms. The van der Waals surface area contributed by atoms with E-state index in [4.69, 9.17) is 85.3 Å². The Bertz CT molecular complexity index is 2510. The maximum Gasteiger partial charge on any atom is 0.306 e. The van der Waals surface area contributed by atoms with Crippen LogP contribution in [0, 0.1) is 0 Å². The molecule has 5 aliphatic rings. The van der Waals surface area contributed by atoms with Gasteiger partial charge >= 0.3 is 59.7 Å². The fourth-order valence-electron chi connectivity index (χ4n) is 12.9. The number of fused-ring (bicyclic) bond motifs is 2. The smallest absolute Gasteiger partial charge is 0.306 e. The number of carbonyl (C=O) groups is 10. The number of carbonyl (C=O) groups excluding carboxylic acids is 10. The van der Waals surface area contributed by atoms with E-state index in [9.17, 15) is 47.9 Å². The van der Waals surface area contributed by atoms with Crippen LogP contribution in [-0.4, -0.2) is 195 Å². The number of rotatable bonds is 30. The second-order valence-electron chi connectivity index (χ2n) is 26.2. The van der Waals surface area contributed by atoms with Crippen LogP contribution in [0.15, 0.2) is 0 Å². The minimum atomic E-state index is -1.80. The lowest BCUT2D eigenvalue weighted by Crippen LogP contribution is -2.68. The van der Waals surface area contributed by atoms with Crippen molar-refractivity contribution in [2.24, 2.45) is 0 Å². The maximum absolute atomic E-state index is 14.4. The molecule has 0 bridgehead atoms. The van der Waals surface area contributed by atoms with Crippen LogP contribution in [0.4, 0.5) is 0 Å². The van der Waals surface area contributed by atoms with E-state index < -0.39 is 195 Å². The van der Waals surface area contributed by atoms with Crippen LogP contribution >= 0.6 is 0 Å². The summed E-state index contributed by atoms with van der Waals surface area (Å²) in [4.78, 5) is 134. The molecule has 28 heteroatoms. The highest BCUT2D eigenvalue weighted by molar-refractivity contribution is 5.72. The summed E-state index contributed by atoms with van der Waals surface area (Å²) in [5, 5.41) is 0. The van der Waals surface area contributed by atoms with Gasteiger partial charge in [-0.05, 0) is 52.9 Å². The van der Waals surface area contributed by atoms with Gasteiger partial charge < -0.3 is 85.3 Å². The van der Waals surface area contributed by atoms with Crippen molar-refractivity contribution in [3.8, 4) is 0 Å². The first-order chi connectivity index (χ1) is 46.7. The summed E-state index contributed by atoms with van der Waals surface area (Å²) in [5.41, 5.74) is 0. The second-order valence-corrected chi connectivity index (χ2v) is 26.2. The van der Waals surface area contributed by atoms with Crippen LogP contribution in [-0.2, 0) is 133 Å². The molecule has 0 aromatic heterocycles. The summed E-state index contributed by atoms with van der Waals surface area (Å²) >= 11 is 0. The lowest BCUT2D eigenvalue weighted by molar-refractivity contribution is -0.389. The predicted molar refractivity (Wildman–Crippen MR) is 343 cm³/mol. The SMILES string of the molecule is CCCCCCCC(=O)O[C@@H]1[C@@H](OC(C)=O)[C@@H](OC(C)=O)[C@H](O[C@@H]2[C@@H](OC(C)=O)[C@@H](OC(=O)CCCCCCC)[C@H](O[C@@H]3[C@@H](OC(C)=O)[C@H]4OC(=O)CCCCCCCCC[C@H](CCCCC)O[C@@H]5O[C@H](COC(C)=O)[C@@H](OC(C)=O)[C@H](OC(C)=O)[C@H]5O[C@@H]4O[C@H]3C)O[C@H]2C)O[C@H]1C. The molecule has 21 atom stereocenters. The van der Waals surface area contributed by atoms with E-state index in [-0.39, 0.29) is 19.3 Å². The third-order valence-corrected chi connectivity index (χ3v) is 17.5. The van der Waals surface area contributed by atoms with Gasteiger partial charge in [-0.3, -0.25) is 47.9 Å². The number of unbranched alkanes of at least 4 members (excludes halogenated alkanes) is 10. The molecule has 0 aliphatic carbocycles. The van der Waals surface area contributed by atoms with Crippen molar-refractivity contribution in [2.45, 2.75) is 379 Å². The van der Waals surface area contributed by atoms with Crippen LogP contribution in [0.5, 0.6) is 0 Å². The Morgan fingerprint density at radius 2 is 0.786 bits per heavy atom. The van der Waals surface area contributed by atoms with E-state index in [1.807, 2.05) is 6.92 Å². The van der Waals surface area contributed by atoms with Gasteiger partial charge in [0.25, 0.3) is 0 Å². The minimum Gasteiger partial charge on any atom is -0.463 e. The van der Waals surface area contributed by atoms with Crippen molar-refractivity contribution >= 4 is 59.7 Å². The van der Waals surface area contributed by atoms with Gasteiger partial charge in [0.15, 0.2) is 86.2 Å². The molecule has 0 N–H and O–H groups in total. The first kappa shape index (κ1) is 83.0. The highest BCUT2D eigenvalue weighted by Gasteiger charge is 2.61. The van der Waals surface area contributed by atoms with Crippen molar-refractivity contribution in [3.63, 3.8) is 0 Å². The molecule has 0 aromatic rings. The molecule has 0 unspecified atom stereocenters. The van der Waals surface area contributed by atoms with Crippen molar-refractivity contribution < 1.29 is 133 Å². The van der Waals surface area contributed by atoms with Crippen LogP contribution in [0.25, 0.3) is 0 Å². The molecule has 5 saturated heterocycles. The molecule has 5 aliphatic heterocycles. The summed E-state index contributed by atoms with van der Waals surface area (Å²) in [7, 11) is 0. The summed E-state index contributed by atoms with van der Waals surface area (Å²) in [6.07, 6.45) is -14.7. The van der Waals surface area contributed by atoms with Gasteiger partial charge in [-0.25, -0.2) is 0 Å². The van der Waals surface area contributed by atoms with Crippen molar-refractivity contribution in [2.75, 3.05) is 6.61 Å². The molecule has 0 radical (unpaired) electrons. The Morgan fingerprint density at radius 1 is 0.378 bits per heavy atom. The lowest BCUT2D eigenvalue weighted by Gasteiger charge is -2.51. The molecule has 0 saturated carbocycles. The molecule has 0 aromatic carbocycles. The predicted octanol–water partition coefficient (Wildman–Crippen LogP) is 9.20. The summed E-state index contributed by atoms with van der Waals surface area (Å²) in [6, 6.07) is 0. The third-order valence-electron chi connectivity index (χ3n) is 17.5. The first-order valence-electron chi connectivity index (χ1n) is 35.7. The van der Waals surface area contributed by atoms with E-state index in [0.29, 0.717) is 44.9 Å². The minimum absolute atomic E-state index is 0.0407. The zero-order valence-corrected chi connectivity index (χ0v) is 59.9. The van der Waals surface area contributed by atoms with Crippen LogP contribution in [0.2, 0.25) is 0 Å². The molecule has 5 heterocycles. The van der Waals surface area contributed by atoms with Crippen molar-refractivity contribution in [1.29, 1.82) is 0 Å². The zero-order chi connectivity index (χ0) is 72.0. The molecule has 0 spiro atoms. The van der Waals surface area contributed by atoms with Gasteiger partial charge in [-0.1, -0.05) is 130 Å². The molecule has 0 amide bonds. The Kier molecular flexibility index (Phi) is 36.6. The molecular weight excluding hydrogens is 1290 g/mol. The Hall–Kier alpha value is -5.62. The van der Waals surface area contributed by atoms with Gasteiger partial charge in [0.1, 0.15) is 24.9 Å². The Morgan fingerprint density at radius 3 is 1.32 bits per heavy atom. The fraction of sp³-hybridized carbons (Fsp3) is 0.857. The summed E-state index contributed by atoms with van der Waals surface area (Å²) in [5.74, 6) is -8.05. The Labute approximate surface area is 577 Å². The van der Waals surface area contributed by atoms with Gasteiger partial charge in [0.2, 0.25) is 0 Å². The standard InChI is InChI=1S/C70H112O28/c1-14-17-20-25-31-36-52(78)93-55-40(4)82-67(63(90-49(13)77)59(55)86-45(9)73)96-56-41(5)83-68(64(60(56)87-46(10)74)94-53(79)37-32-26-21-18-15-2)97-57-42(6)84-69-65(61(57)88-47(11)75)95-54(80)38-33-28-24-22-23-27-30-35-50(34-29-19-16-3)91-70-66(98-69)62(89-48(12)76)58(85-44(8)72)51(92-70)39-81-43(7)71/h40-42,50-51,55-70H,14-39H2,1-13H3/t40-,41-,42-,50-,51+,55-,56-,57-,58+,59+,60+,61+,62-,63+,64+,65+,66+,67-,68-,69-,70+/m0/s1. The second kappa shape index (κ2) is 43.2. The topological polar surface area (TPSA) is 337 Å². The highest BCUT2D eigenvalue weighted by atomic mass is 16.8. The average molecular weight is 1400 g/mol. The van der Waals surface area contributed by atoms with Crippen molar-refractivity contribution in [3.05, 3.63) is 0 Å². The lowest BCUT2D eigenvalue weighted by atomic mass is 9.95. The molecule has 560 valence electrons. The highest BCUT2D eigenvalue weighted by Crippen LogP contribution is 2.41. The number of hydrogen-bond acceptors (Lipinski definition) is 28. The summed E-state index contributed by atoms with van der Waals surface area (Å²) < 4.78 is 113.